The molecule has 0 amide bonds. The zero-order valence-corrected chi connectivity index (χ0v) is 9.21. The third kappa shape index (κ3) is 3.17. The molecule has 0 atom stereocenters. The average molecular weight is 196 g/mol. The summed E-state index contributed by atoms with van der Waals surface area (Å²) in [4.78, 5) is 10.2. The van der Waals surface area contributed by atoms with Crippen LogP contribution in [0.2, 0.25) is 0 Å². The van der Waals surface area contributed by atoms with Crippen LogP contribution in [0.4, 0.5) is 0 Å². The monoisotopic (exact) mass is 196 g/mol. The molecule has 2 fully saturated rings. The summed E-state index contributed by atoms with van der Waals surface area (Å²) in [5, 5.41) is 0. The first-order valence-electron chi connectivity index (χ1n) is 5.37. The van der Waals surface area contributed by atoms with Gasteiger partial charge in [0, 0.05) is 5.57 Å². The van der Waals surface area contributed by atoms with Crippen LogP contribution in [0.25, 0.3) is 0 Å². The van der Waals surface area contributed by atoms with Crippen LogP contribution in [-0.2, 0) is 9.53 Å². The summed E-state index contributed by atoms with van der Waals surface area (Å²) in [5.41, 5.74) is 0.433. The Morgan fingerprint density at radius 1 is 1.21 bits per heavy atom. The summed E-state index contributed by atoms with van der Waals surface area (Å²) in [5.74, 6) is 2.00. The van der Waals surface area contributed by atoms with Gasteiger partial charge < -0.3 is 4.74 Å². The molecule has 2 rings (SSSR count). The topological polar surface area (TPSA) is 26.3 Å². The predicted molar refractivity (Wildman–Crippen MR) is 56.9 cm³/mol. The molecule has 0 aromatic carbocycles. The molecule has 0 spiro atoms. The van der Waals surface area contributed by atoms with Crippen LogP contribution in [0.3, 0.4) is 0 Å². The Balaban J connectivity index is 0.000000140. The first-order chi connectivity index (χ1) is 6.63. The quantitative estimate of drug-likeness (QED) is 0.476. The molecule has 0 heterocycles. The summed E-state index contributed by atoms with van der Waals surface area (Å²) >= 11 is 0. The fourth-order valence-electron chi connectivity index (χ4n) is 2.35. The molecule has 2 saturated carbocycles. The third-order valence-corrected chi connectivity index (χ3v) is 3.17. The van der Waals surface area contributed by atoms with Crippen molar-refractivity contribution in [1.29, 1.82) is 0 Å². The Kier molecular flexibility index (Phi) is 4.18. The van der Waals surface area contributed by atoms with E-state index in [1.165, 1.54) is 18.9 Å². The SMILES string of the molecule is C1CC2CCC1C2.C=C(C)C(=O)OC. The Labute approximate surface area is 86.3 Å². The number of carbonyl (C=O) groups excluding carboxylic acids is 1. The number of rotatable bonds is 1. The average Bonchev–Trinajstić information content (AvgIpc) is 2.80. The first-order valence-corrected chi connectivity index (χ1v) is 5.37. The van der Waals surface area contributed by atoms with Crippen molar-refractivity contribution >= 4 is 5.97 Å². The van der Waals surface area contributed by atoms with Crippen molar-refractivity contribution in [3.8, 4) is 0 Å². The van der Waals surface area contributed by atoms with Crippen LogP contribution >= 0.6 is 0 Å². The maximum absolute atomic E-state index is 10.2. The lowest BCUT2D eigenvalue weighted by atomic mass is 10.0. The van der Waals surface area contributed by atoms with E-state index in [4.69, 9.17) is 0 Å². The van der Waals surface area contributed by atoms with E-state index in [9.17, 15) is 4.79 Å². The van der Waals surface area contributed by atoms with Gasteiger partial charge in [-0.25, -0.2) is 4.79 Å². The maximum atomic E-state index is 10.2. The van der Waals surface area contributed by atoms with Crippen LogP contribution in [0.5, 0.6) is 0 Å². The predicted octanol–water partition coefficient (Wildman–Crippen LogP) is 2.93. The van der Waals surface area contributed by atoms with E-state index in [0.717, 1.165) is 0 Å². The lowest BCUT2D eigenvalue weighted by Gasteiger charge is -2.05. The Morgan fingerprint density at radius 2 is 1.64 bits per heavy atom. The molecule has 2 heteroatoms. The molecule has 0 N–H and O–H groups in total. The van der Waals surface area contributed by atoms with Crippen molar-refractivity contribution in [3.05, 3.63) is 12.2 Å². The van der Waals surface area contributed by atoms with Gasteiger partial charge in [-0.2, -0.15) is 0 Å². The van der Waals surface area contributed by atoms with E-state index in [-0.39, 0.29) is 5.97 Å². The number of hydrogen-bond donors (Lipinski definition) is 0. The minimum atomic E-state index is -0.347. The third-order valence-electron chi connectivity index (χ3n) is 3.17. The molecular weight excluding hydrogens is 176 g/mol. The largest absolute Gasteiger partial charge is 0.466 e. The number of methoxy groups -OCH3 is 1. The molecule has 0 saturated heterocycles. The van der Waals surface area contributed by atoms with E-state index in [2.05, 4.69) is 11.3 Å². The second-order valence-electron chi connectivity index (χ2n) is 4.39. The highest BCUT2D eigenvalue weighted by atomic mass is 16.5. The van der Waals surface area contributed by atoms with E-state index in [1.54, 1.807) is 39.0 Å². The molecule has 0 aromatic heterocycles. The van der Waals surface area contributed by atoms with Crippen molar-refractivity contribution in [1.82, 2.24) is 0 Å². The number of hydrogen-bond acceptors (Lipinski definition) is 2. The van der Waals surface area contributed by atoms with Gasteiger partial charge in [0.1, 0.15) is 0 Å². The van der Waals surface area contributed by atoms with Crippen molar-refractivity contribution in [2.75, 3.05) is 7.11 Å². The molecule has 2 aliphatic carbocycles. The Hall–Kier alpha value is -0.790. The molecule has 0 unspecified atom stereocenters. The first kappa shape index (κ1) is 11.3. The van der Waals surface area contributed by atoms with Crippen LogP contribution in [0.15, 0.2) is 12.2 Å². The van der Waals surface area contributed by atoms with Gasteiger partial charge in [-0.1, -0.05) is 32.3 Å². The molecule has 2 aliphatic rings. The molecular formula is C12H20O2. The molecule has 0 aromatic rings. The maximum Gasteiger partial charge on any atom is 0.332 e. The fourth-order valence-corrected chi connectivity index (χ4v) is 2.35. The highest BCUT2D eigenvalue weighted by molar-refractivity contribution is 5.86. The fraction of sp³-hybridized carbons (Fsp3) is 0.750. The molecule has 0 radical (unpaired) electrons. The molecule has 14 heavy (non-hydrogen) atoms. The highest BCUT2D eigenvalue weighted by Gasteiger charge is 2.30. The summed E-state index contributed by atoms with van der Waals surface area (Å²) < 4.78 is 4.27. The molecule has 2 nitrogen and oxygen atoms in total. The normalized spacial score (nSPS) is 27.9. The zero-order valence-electron chi connectivity index (χ0n) is 9.21. The van der Waals surface area contributed by atoms with Crippen LogP contribution in [-0.4, -0.2) is 13.1 Å². The standard InChI is InChI=1S/C7H12.C5H8O2/c1-2-7-4-3-6(1)5-7;1-4(2)5(6)7-3/h6-7H,1-5H2;1H2,2-3H3. The zero-order chi connectivity index (χ0) is 10.6. The van der Waals surface area contributed by atoms with Gasteiger partial charge in [-0.15, -0.1) is 0 Å². The number of esters is 1. The lowest BCUT2D eigenvalue weighted by molar-refractivity contribution is -0.136. The summed E-state index contributed by atoms with van der Waals surface area (Å²) in [6.07, 6.45) is 7.82. The minimum absolute atomic E-state index is 0.347. The van der Waals surface area contributed by atoms with Gasteiger partial charge in [0.05, 0.1) is 7.11 Å². The van der Waals surface area contributed by atoms with E-state index >= 15 is 0 Å². The van der Waals surface area contributed by atoms with Gasteiger partial charge in [0.25, 0.3) is 0 Å². The van der Waals surface area contributed by atoms with Crippen molar-refractivity contribution < 1.29 is 9.53 Å². The van der Waals surface area contributed by atoms with Gasteiger partial charge in [0.2, 0.25) is 0 Å². The van der Waals surface area contributed by atoms with Crippen LogP contribution < -0.4 is 0 Å². The second-order valence-corrected chi connectivity index (χ2v) is 4.39. The highest BCUT2D eigenvalue weighted by Crippen LogP contribution is 2.43. The van der Waals surface area contributed by atoms with Crippen LogP contribution in [0, 0.1) is 11.8 Å². The van der Waals surface area contributed by atoms with E-state index in [0.29, 0.717) is 5.57 Å². The smallest absolute Gasteiger partial charge is 0.332 e. The Bertz CT molecular complexity index is 202. The van der Waals surface area contributed by atoms with Gasteiger partial charge >= 0.3 is 5.97 Å². The lowest BCUT2D eigenvalue weighted by Crippen LogP contribution is -1.98. The molecule has 0 aliphatic heterocycles. The van der Waals surface area contributed by atoms with Gasteiger partial charge in [-0.3, -0.25) is 0 Å². The second kappa shape index (κ2) is 5.18. The van der Waals surface area contributed by atoms with E-state index < -0.39 is 0 Å². The van der Waals surface area contributed by atoms with E-state index in [1.807, 2.05) is 0 Å². The van der Waals surface area contributed by atoms with Crippen molar-refractivity contribution in [2.24, 2.45) is 11.8 Å². The van der Waals surface area contributed by atoms with Crippen molar-refractivity contribution in [2.45, 2.75) is 39.0 Å². The number of ether oxygens (including phenoxy) is 1. The summed E-state index contributed by atoms with van der Waals surface area (Å²) in [6.45, 7) is 4.95. The van der Waals surface area contributed by atoms with Gasteiger partial charge in [-0.05, 0) is 25.2 Å². The molecule has 2 bridgehead atoms. The summed E-state index contributed by atoms with van der Waals surface area (Å²) in [6, 6.07) is 0. The number of fused-ring (bicyclic) bond motifs is 2. The molecule has 80 valence electrons. The van der Waals surface area contributed by atoms with Gasteiger partial charge in [0.15, 0.2) is 0 Å². The van der Waals surface area contributed by atoms with Crippen molar-refractivity contribution in [3.63, 3.8) is 0 Å². The number of carbonyl (C=O) groups is 1. The van der Waals surface area contributed by atoms with Crippen LogP contribution in [0.1, 0.15) is 39.0 Å². The minimum Gasteiger partial charge on any atom is -0.466 e. The Morgan fingerprint density at radius 3 is 1.71 bits per heavy atom. The summed E-state index contributed by atoms with van der Waals surface area (Å²) in [7, 11) is 1.33.